The van der Waals surface area contributed by atoms with Gasteiger partial charge in [-0.1, -0.05) is 60.7 Å². The Bertz CT molecular complexity index is 2230. The van der Waals surface area contributed by atoms with Gasteiger partial charge in [-0.3, -0.25) is 0 Å². The van der Waals surface area contributed by atoms with Gasteiger partial charge in [-0.05, 0) is 157 Å². The van der Waals surface area contributed by atoms with Crippen LogP contribution in [0.4, 0.5) is 45.5 Å². The lowest BCUT2D eigenvalue weighted by Gasteiger charge is -2.26. The van der Waals surface area contributed by atoms with Crippen molar-refractivity contribution < 1.29 is 10.9 Å². The quantitative estimate of drug-likeness (QED) is 0.131. The monoisotopic (exact) mass is 704 g/mol. The summed E-state index contributed by atoms with van der Waals surface area (Å²) >= 11 is 0. The van der Waals surface area contributed by atoms with Gasteiger partial charge in [0.05, 0.1) is 0 Å². The third-order valence-corrected chi connectivity index (χ3v) is 9.03. The number of para-hydroxylation sites is 2. The molecular weight excluding hydrogens is 665 g/mol. The van der Waals surface area contributed by atoms with E-state index < -0.39 is 0 Å². The van der Waals surface area contributed by atoms with Crippen molar-refractivity contribution in [2.75, 3.05) is 21.3 Å². The lowest BCUT2D eigenvalue weighted by atomic mass is 10.0. The Morgan fingerprint density at radius 1 is 0.278 bits per heavy atom. The van der Waals surface area contributed by atoms with E-state index >= 15 is 0 Å². The third-order valence-electron chi connectivity index (χ3n) is 9.03. The summed E-state index contributed by atoms with van der Waals surface area (Å²) in [6.45, 7) is 0. The maximum atomic E-state index is 6.06. The van der Waals surface area contributed by atoms with Gasteiger partial charge in [0.15, 0.2) is 0 Å². The van der Waals surface area contributed by atoms with Crippen LogP contribution in [0.2, 0.25) is 0 Å². The zero-order chi connectivity index (χ0) is 36.7. The van der Waals surface area contributed by atoms with Gasteiger partial charge in [0.25, 0.3) is 0 Å². The van der Waals surface area contributed by atoms with E-state index in [1.54, 1.807) is 0 Å². The van der Waals surface area contributed by atoms with Crippen molar-refractivity contribution in [3.63, 3.8) is 0 Å². The molecule has 54 heavy (non-hydrogen) atoms. The highest BCUT2D eigenvalue weighted by atomic mass is 16.5. The first-order chi connectivity index (χ1) is 26.6. The van der Waals surface area contributed by atoms with E-state index in [9.17, 15) is 0 Å². The second kappa shape index (κ2) is 15.4. The van der Waals surface area contributed by atoms with Gasteiger partial charge in [0.2, 0.25) is 0 Å². The molecule has 0 fully saturated rings. The molecule has 0 bridgehead atoms. The Kier molecular flexibility index (Phi) is 9.63. The molecule has 8 aromatic carbocycles. The molecule has 0 heterocycles. The summed E-state index contributed by atoms with van der Waals surface area (Å²) in [5.74, 6) is 2.98. The number of nitrogens with two attached hydrogens (primary N) is 2. The van der Waals surface area contributed by atoms with E-state index in [2.05, 4.69) is 131 Å². The molecule has 8 rings (SSSR count). The first kappa shape index (κ1) is 33.7. The molecule has 0 saturated heterocycles. The van der Waals surface area contributed by atoms with E-state index in [-0.39, 0.29) is 1.43 Å². The molecule has 0 aromatic heterocycles. The molecular formula is C48H40N4O2. The highest BCUT2D eigenvalue weighted by Crippen LogP contribution is 2.39. The summed E-state index contributed by atoms with van der Waals surface area (Å²) < 4.78 is 12.1. The molecule has 0 unspecified atom stereocenters. The summed E-state index contributed by atoms with van der Waals surface area (Å²) in [5, 5.41) is 0. The van der Waals surface area contributed by atoms with Crippen LogP contribution < -0.4 is 30.7 Å². The molecule has 6 heteroatoms. The molecule has 0 aliphatic heterocycles. The predicted octanol–water partition coefficient (Wildman–Crippen LogP) is 13.3. The first-order valence-electron chi connectivity index (χ1n) is 17.7. The Labute approximate surface area is 317 Å². The number of nitrogens with zero attached hydrogens (tertiary/aromatic N) is 2. The summed E-state index contributed by atoms with van der Waals surface area (Å²) in [7, 11) is 0. The fourth-order valence-corrected chi connectivity index (χ4v) is 6.32. The van der Waals surface area contributed by atoms with Crippen LogP contribution in [0.5, 0.6) is 23.0 Å². The van der Waals surface area contributed by atoms with Crippen molar-refractivity contribution in [3.05, 3.63) is 206 Å². The largest absolute Gasteiger partial charge is 0.457 e. The molecule has 0 aliphatic rings. The molecule has 0 radical (unpaired) electrons. The molecule has 6 nitrogen and oxygen atoms in total. The Hall–Kier alpha value is -7.44. The summed E-state index contributed by atoms with van der Waals surface area (Å²) in [6.07, 6.45) is 0. The van der Waals surface area contributed by atoms with Gasteiger partial charge < -0.3 is 30.7 Å². The highest BCUT2D eigenvalue weighted by molar-refractivity contribution is 5.81. The van der Waals surface area contributed by atoms with Crippen molar-refractivity contribution in [2.45, 2.75) is 0 Å². The minimum Gasteiger partial charge on any atom is -0.457 e. The average molecular weight is 705 g/mol. The van der Waals surface area contributed by atoms with Gasteiger partial charge in [0.1, 0.15) is 23.0 Å². The maximum Gasteiger partial charge on any atom is 0.127 e. The fraction of sp³-hybridized carbons (Fsp3) is 0. The number of rotatable bonds is 11. The van der Waals surface area contributed by atoms with Crippen molar-refractivity contribution in [1.29, 1.82) is 0 Å². The van der Waals surface area contributed by atoms with E-state index in [0.29, 0.717) is 11.4 Å². The van der Waals surface area contributed by atoms with Crippen molar-refractivity contribution >= 4 is 45.5 Å². The Morgan fingerprint density at radius 3 is 0.815 bits per heavy atom. The zero-order valence-electron chi connectivity index (χ0n) is 29.5. The standard InChI is InChI=1S/C48H38N4O2.H2/c49-37-15-27-45(28-16-37)53-47-31-23-43(24-32-47)51(39-7-3-1-4-8-39)41-19-11-35(12-20-41)36-13-21-42(22-14-36)52(40-9-5-2-6-10-40)44-25-33-48(34-26-44)54-46-29-17-38(50)18-30-46;/h1-34H,49-50H2;1H. The van der Waals surface area contributed by atoms with Crippen molar-refractivity contribution in [3.8, 4) is 34.1 Å². The second-order valence-corrected chi connectivity index (χ2v) is 12.8. The van der Waals surface area contributed by atoms with E-state index in [4.69, 9.17) is 20.9 Å². The van der Waals surface area contributed by atoms with E-state index in [1.807, 2.05) is 84.9 Å². The van der Waals surface area contributed by atoms with Crippen LogP contribution >= 0.6 is 0 Å². The van der Waals surface area contributed by atoms with E-state index in [0.717, 1.165) is 68.2 Å². The molecule has 0 atom stereocenters. The lowest BCUT2D eigenvalue weighted by molar-refractivity contribution is 0.482. The van der Waals surface area contributed by atoms with Crippen LogP contribution in [0.15, 0.2) is 206 Å². The summed E-state index contributed by atoms with van der Waals surface area (Å²) in [6, 6.07) is 69.2. The van der Waals surface area contributed by atoms with Crippen LogP contribution in [0.3, 0.4) is 0 Å². The number of hydrogen-bond acceptors (Lipinski definition) is 6. The molecule has 4 N–H and O–H groups in total. The molecule has 0 aliphatic carbocycles. The molecule has 264 valence electrons. The molecule has 0 amide bonds. The Balaban J connectivity index is 0.00000465. The van der Waals surface area contributed by atoms with Crippen LogP contribution in [0.25, 0.3) is 11.1 Å². The lowest BCUT2D eigenvalue weighted by Crippen LogP contribution is -2.10. The summed E-state index contributed by atoms with van der Waals surface area (Å²) in [5.41, 5.74) is 21.6. The van der Waals surface area contributed by atoms with Crippen LogP contribution in [-0.2, 0) is 0 Å². The molecule has 8 aromatic rings. The topological polar surface area (TPSA) is 77.0 Å². The number of anilines is 8. The van der Waals surface area contributed by atoms with Crippen LogP contribution in [0, 0.1) is 0 Å². The predicted molar refractivity (Wildman–Crippen MR) is 225 cm³/mol. The smallest absolute Gasteiger partial charge is 0.127 e. The van der Waals surface area contributed by atoms with Gasteiger partial charge >= 0.3 is 0 Å². The van der Waals surface area contributed by atoms with Gasteiger partial charge in [-0.2, -0.15) is 0 Å². The van der Waals surface area contributed by atoms with E-state index in [1.165, 1.54) is 0 Å². The normalized spacial score (nSPS) is 10.7. The second-order valence-electron chi connectivity index (χ2n) is 12.8. The van der Waals surface area contributed by atoms with Crippen LogP contribution in [-0.4, -0.2) is 0 Å². The number of nitrogen functional groups attached to an aromatic ring is 2. The van der Waals surface area contributed by atoms with Gasteiger partial charge in [-0.15, -0.1) is 0 Å². The van der Waals surface area contributed by atoms with Gasteiger partial charge in [-0.25, -0.2) is 0 Å². The van der Waals surface area contributed by atoms with Crippen LogP contribution in [0.1, 0.15) is 1.43 Å². The zero-order valence-corrected chi connectivity index (χ0v) is 29.5. The number of benzene rings is 8. The average Bonchev–Trinajstić information content (AvgIpc) is 3.22. The maximum absolute atomic E-state index is 6.06. The summed E-state index contributed by atoms with van der Waals surface area (Å²) in [4.78, 5) is 4.48. The van der Waals surface area contributed by atoms with Crippen molar-refractivity contribution in [2.24, 2.45) is 0 Å². The Morgan fingerprint density at radius 2 is 0.519 bits per heavy atom. The molecule has 0 spiro atoms. The number of ether oxygens (including phenoxy) is 2. The fourth-order valence-electron chi connectivity index (χ4n) is 6.32. The minimum atomic E-state index is 0. The SMILES string of the molecule is Nc1ccc(Oc2ccc(N(c3ccccc3)c3ccc(-c4ccc(N(c5ccccc5)c5ccc(Oc6ccc(N)cc6)cc5)cc4)cc3)cc2)cc1.[HH]. The number of hydrogen-bond donors (Lipinski definition) is 2. The van der Waals surface area contributed by atoms with Gasteiger partial charge in [0, 0.05) is 46.9 Å². The first-order valence-corrected chi connectivity index (χ1v) is 17.7. The minimum absolute atomic E-state index is 0. The molecule has 0 saturated carbocycles. The third kappa shape index (κ3) is 7.73. The van der Waals surface area contributed by atoms with Crippen molar-refractivity contribution in [1.82, 2.24) is 0 Å². The highest BCUT2D eigenvalue weighted by Gasteiger charge is 2.15.